The molecule has 1 saturated heterocycles. The maximum atomic E-state index is 14.3. The van der Waals surface area contributed by atoms with E-state index in [0.29, 0.717) is 25.2 Å². The van der Waals surface area contributed by atoms with Crippen molar-refractivity contribution in [3.05, 3.63) is 65.0 Å². The highest BCUT2D eigenvalue weighted by Crippen LogP contribution is 2.34. The Balaban J connectivity index is 1.60. The third-order valence-electron chi connectivity index (χ3n) is 5.64. The van der Waals surface area contributed by atoms with Gasteiger partial charge in [-0.05, 0) is 42.6 Å². The summed E-state index contributed by atoms with van der Waals surface area (Å²) in [5.41, 5.74) is 2.98. The number of carbonyl (C=O) groups is 2. The molecule has 0 spiro atoms. The molecule has 1 aromatic carbocycles. The van der Waals surface area contributed by atoms with Gasteiger partial charge in [0.25, 0.3) is 11.8 Å². The van der Waals surface area contributed by atoms with Gasteiger partial charge in [-0.2, -0.15) is 0 Å². The second kappa shape index (κ2) is 10.5. The minimum Gasteiger partial charge on any atom is -0.465 e. The highest BCUT2D eigenvalue weighted by atomic mass is 19.3. The van der Waals surface area contributed by atoms with Gasteiger partial charge in [0, 0.05) is 38.2 Å². The van der Waals surface area contributed by atoms with E-state index in [4.69, 9.17) is 5.11 Å². The first kappa shape index (κ1) is 23.6. The van der Waals surface area contributed by atoms with Gasteiger partial charge in [-0.1, -0.05) is 30.3 Å². The number of pyridine rings is 1. The van der Waals surface area contributed by atoms with Crippen LogP contribution >= 0.6 is 0 Å². The quantitative estimate of drug-likeness (QED) is 0.542. The van der Waals surface area contributed by atoms with E-state index in [1.54, 1.807) is 13.1 Å². The second-order valence-corrected chi connectivity index (χ2v) is 8.01. The highest BCUT2D eigenvalue weighted by molar-refractivity contribution is 5.92. The minimum atomic E-state index is -3.04. The Morgan fingerprint density at radius 1 is 1.22 bits per heavy atom. The van der Waals surface area contributed by atoms with E-state index in [1.165, 1.54) is 0 Å². The fourth-order valence-corrected chi connectivity index (χ4v) is 3.91. The Hall–Kier alpha value is -3.07. The smallest absolute Gasteiger partial charge is 0.407 e. The van der Waals surface area contributed by atoms with Crippen LogP contribution < -0.4 is 10.6 Å². The average Bonchev–Trinajstić information content (AvgIpc) is 2.77. The van der Waals surface area contributed by atoms with Crippen molar-refractivity contribution < 1.29 is 23.5 Å². The van der Waals surface area contributed by atoms with E-state index in [2.05, 4.69) is 15.6 Å². The van der Waals surface area contributed by atoms with Gasteiger partial charge < -0.3 is 20.6 Å². The number of aromatic nitrogens is 1. The van der Waals surface area contributed by atoms with Crippen LogP contribution in [0, 0.1) is 5.92 Å². The van der Waals surface area contributed by atoms with E-state index in [1.807, 2.05) is 36.4 Å². The number of nitrogens with one attached hydrogen (secondary N) is 2. The fourth-order valence-electron chi connectivity index (χ4n) is 3.91. The summed E-state index contributed by atoms with van der Waals surface area (Å²) in [6.07, 6.45) is -0.354. The highest BCUT2D eigenvalue weighted by Gasteiger charge is 2.45. The lowest BCUT2D eigenvalue weighted by atomic mass is 9.90. The molecule has 0 aliphatic carbocycles. The Morgan fingerprint density at radius 2 is 1.97 bits per heavy atom. The van der Waals surface area contributed by atoms with Crippen molar-refractivity contribution in [2.45, 2.75) is 31.7 Å². The topological polar surface area (TPSA) is 94.6 Å². The van der Waals surface area contributed by atoms with Gasteiger partial charge in [-0.3, -0.25) is 4.79 Å². The van der Waals surface area contributed by atoms with Crippen LogP contribution in [0.3, 0.4) is 0 Å². The molecule has 1 unspecified atom stereocenters. The molecule has 2 heterocycles. The summed E-state index contributed by atoms with van der Waals surface area (Å²) >= 11 is 0. The van der Waals surface area contributed by atoms with Gasteiger partial charge in [0.1, 0.15) is 5.69 Å². The molecular formula is C23H28F2N4O3. The Labute approximate surface area is 185 Å². The molecule has 0 bridgehead atoms. The lowest BCUT2D eigenvalue weighted by Gasteiger charge is -2.37. The monoisotopic (exact) mass is 446 g/mol. The molecule has 1 aliphatic rings. The number of carboxylic acid groups (broad SMARTS) is 1. The number of carbonyl (C=O) groups excluding carboxylic acids is 1. The predicted molar refractivity (Wildman–Crippen MR) is 116 cm³/mol. The van der Waals surface area contributed by atoms with Crippen LogP contribution in [0.1, 0.15) is 40.2 Å². The van der Waals surface area contributed by atoms with Crippen molar-refractivity contribution in [2.24, 2.45) is 5.92 Å². The van der Waals surface area contributed by atoms with Gasteiger partial charge in [-0.15, -0.1) is 0 Å². The Bertz CT molecular complexity index is 940. The Kier molecular flexibility index (Phi) is 7.74. The summed E-state index contributed by atoms with van der Waals surface area (Å²) in [4.78, 5) is 28.3. The summed E-state index contributed by atoms with van der Waals surface area (Å²) in [5, 5.41) is 14.7. The van der Waals surface area contributed by atoms with Crippen molar-refractivity contribution in [3.8, 4) is 0 Å². The molecule has 1 atom stereocenters. The van der Waals surface area contributed by atoms with Gasteiger partial charge >= 0.3 is 6.09 Å². The number of piperidine rings is 1. The molecule has 2 aromatic rings. The molecular weight excluding hydrogens is 418 g/mol. The standard InChI is InChI=1S/C23H28F2N4O3/c1-26-21(30)20-13-17(12-19(28-20)11-16-5-3-2-4-6-16)14-27-9-7-18-8-10-29(22(31)32)15-23(18,24)25/h2-6,12-13,18,27H,7-11,14-15H2,1H3,(H,26,30)(H,31,32). The lowest BCUT2D eigenvalue weighted by Crippen LogP contribution is -2.50. The largest absolute Gasteiger partial charge is 0.465 e. The molecule has 3 rings (SSSR count). The van der Waals surface area contributed by atoms with Gasteiger partial charge in [0.05, 0.1) is 6.54 Å². The van der Waals surface area contributed by atoms with Crippen molar-refractivity contribution in [3.63, 3.8) is 0 Å². The molecule has 172 valence electrons. The SMILES string of the molecule is CNC(=O)c1cc(CNCCC2CCN(C(=O)O)CC2(F)F)cc(Cc2ccccc2)n1. The fraction of sp³-hybridized carbons (Fsp3) is 0.435. The third-order valence-corrected chi connectivity index (χ3v) is 5.64. The molecule has 32 heavy (non-hydrogen) atoms. The maximum absolute atomic E-state index is 14.3. The Morgan fingerprint density at radius 3 is 2.62 bits per heavy atom. The number of benzene rings is 1. The van der Waals surface area contributed by atoms with Crippen LogP contribution in [0.2, 0.25) is 0 Å². The molecule has 9 heteroatoms. The van der Waals surface area contributed by atoms with E-state index in [-0.39, 0.29) is 25.3 Å². The number of hydrogen-bond donors (Lipinski definition) is 3. The van der Waals surface area contributed by atoms with Crippen molar-refractivity contribution in [1.29, 1.82) is 0 Å². The molecule has 0 radical (unpaired) electrons. The normalized spacial score (nSPS) is 17.7. The number of halogens is 2. The van der Waals surface area contributed by atoms with Crippen molar-refractivity contribution in [2.75, 3.05) is 26.7 Å². The van der Waals surface area contributed by atoms with Crippen molar-refractivity contribution >= 4 is 12.0 Å². The van der Waals surface area contributed by atoms with Crippen LogP contribution in [0.5, 0.6) is 0 Å². The van der Waals surface area contributed by atoms with E-state index in [0.717, 1.165) is 21.7 Å². The molecule has 0 saturated carbocycles. The number of amides is 2. The molecule has 1 fully saturated rings. The zero-order valence-corrected chi connectivity index (χ0v) is 18.0. The van der Waals surface area contributed by atoms with Gasteiger partial charge in [-0.25, -0.2) is 18.6 Å². The first-order chi connectivity index (χ1) is 15.3. The van der Waals surface area contributed by atoms with E-state index >= 15 is 0 Å². The van der Waals surface area contributed by atoms with Crippen molar-refractivity contribution in [1.82, 2.24) is 20.5 Å². The maximum Gasteiger partial charge on any atom is 0.407 e. The third kappa shape index (κ3) is 6.23. The predicted octanol–water partition coefficient (Wildman–Crippen LogP) is 3.15. The molecule has 7 nitrogen and oxygen atoms in total. The second-order valence-electron chi connectivity index (χ2n) is 8.01. The zero-order chi connectivity index (χ0) is 23.1. The van der Waals surface area contributed by atoms with Crippen LogP contribution in [0.25, 0.3) is 0 Å². The number of alkyl halides is 2. The molecule has 1 aliphatic heterocycles. The number of nitrogens with zero attached hydrogens (tertiary/aromatic N) is 2. The molecule has 1 aromatic heterocycles. The van der Waals surface area contributed by atoms with Crippen LogP contribution in [0.4, 0.5) is 13.6 Å². The van der Waals surface area contributed by atoms with Crippen LogP contribution in [-0.4, -0.2) is 59.6 Å². The van der Waals surface area contributed by atoms with E-state index < -0.39 is 24.5 Å². The zero-order valence-electron chi connectivity index (χ0n) is 18.0. The van der Waals surface area contributed by atoms with Gasteiger partial charge in [0.15, 0.2) is 0 Å². The lowest BCUT2D eigenvalue weighted by molar-refractivity contribution is -0.106. The summed E-state index contributed by atoms with van der Waals surface area (Å²) in [5.74, 6) is -4.19. The summed E-state index contributed by atoms with van der Waals surface area (Å²) in [7, 11) is 1.54. The minimum absolute atomic E-state index is 0.123. The number of hydrogen-bond acceptors (Lipinski definition) is 4. The summed E-state index contributed by atoms with van der Waals surface area (Å²) in [6, 6.07) is 13.4. The first-order valence-electron chi connectivity index (χ1n) is 10.6. The number of rotatable bonds is 8. The van der Waals surface area contributed by atoms with Gasteiger partial charge in [0.2, 0.25) is 0 Å². The van der Waals surface area contributed by atoms with E-state index in [9.17, 15) is 18.4 Å². The molecule has 3 N–H and O–H groups in total. The molecule has 2 amide bonds. The first-order valence-corrected chi connectivity index (χ1v) is 10.6. The van der Waals surface area contributed by atoms with Crippen LogP contribution in [0.15, 0.2) is 42.5 Å². The summed E-state index contributed by atoms with van der Waals surface area (Å²) in [6.45, 7) is 0.140. The average molecular weight is 446 g/mol. The number of likely N-dealkylation sites (tertiary alicyclic amines) is 1. The summed E-state index contributed by atoms with van der Waals surface area (Å²) < 4.78 is 28.6. The van der Waals surface area contributed by atoms with Crippen LogP contribution in [-0.2, 0) is 13.0 Å².